The average Bonchev–Trinajstić information content (AvgIpc) is 3.13. The monoisotopic (exact) mass is 649 g/mol. The minimum atomic E-state index is 0.689. The van der Waals surface area contributed by atoms with Crippen LogP contribution in [0.5, 0.6) is 5.75 Å². The van der Waals surface area contributed by atoms with Crippen LogP contribution in [-0.4, -0.2) is 7.11 Å². The third kappa shape index (κ3) is 8.12. The van der Waals surface area contributed by atoms with E-state index in [1.807, 2.05) is 72.8 Å². The van der Waals surface area contributed by atoms with Gasteiger partial charge in [-0.1, -0.05) is 138 Å². The quantitative estimate of drug-likeness (QED) is 0.137. The number of halogens is 2. The molecule has 0 radical (unpaired) electrons. The predicted octanol–water partition coefficient (Wildman–Crippen LogP) is 12.4. The van der Waals surface area contributed by atoms with Gasteiger partial charge in [0.15, 0.2) is 0 Å². The summed E-state index contributed by atoms with van der Waals surface area (Å²) in [5, 5.41) is 1.38. The van der Waals surface area contributed by atoms with Crippen LogP contribution >= 0.6 is 23.2 Å². The normalized spacial score (nSPS) is 10.8. The maximum absolute atomic E-state index is 6.27. The molecule has 0 aliphatic rings. The minimum absolute atomic E-state index is 0.689. The summed E-state index contributed by atoms with van der Waals surface area (Å²) < 4.78 is 5.45. The highest BCUT2D eigenvalue weighted by Crippen LogP contribution is 2.33. The molecule has 6 aromatic rings. The summed E-state index contributed by atoms with van der Waals surface area (Å²) >= 11 is 12.5. The molecule has 230 valence electrons. The molecule has 0 saturated heterocycles. The van der Waals surface area contributed by atoms with E-state index in [1.54, 1.807) is 7.11 Å². The Kier molecular flexibility index (Phi) is 10.3. The predicted molar refractivity (Wildman–Crippen MR) is 201 cm³/mol. The first-order valence-electron chi connectivity index (χ1n) is 15.3. The van der Waals surface area contributed by atoms with Crippen molar-refractivity contribution in [3.8, 4) is 5.75 Å². The zero-order valence-corrected chi connectivity index (χ0v) is 27.4. The number of hydrogen-bond acceptors (Lipinski definition) is 2. The summed E-state index contributed by atoms with van der Waals surface area (Å²) in [7, 11) is 1.68. The van der Waals surface area contributed by atoms with Crippen molar-refractivity contribution in [1.29, 1.82) is 0 Å². The molecule has 47 heavy (non-hydrogen) atoms. The van der Waals surface area contributed by atoms with Crippen molar-refractivity contribution in [3.05, 3.63) is 214 Å². The summed E-state index contributed by atoms with van der Waals surface area (Å²) in [4.78, 5) is 2.19. The zero-order valence-electron chi connectivity index (χ0n) is 25.9. The van der Waals surface area contributed by atoms with Crippen LogP contribution in [-0.2, 0) is 0 Å². The maximum Gasteiger partial charge on any atom is 0.119 e. The Morgan fingerprint density at radius 3 is 1.43 bits per heavy atom. The van der Waals surface area contributed by atoms with Crippen molar-refractivity contribution in [3.63, 3.8) is 0 Å². The lowest BCUT2D eigenvalue weighted by Gasteiger charge is -2.24. The summed E-state index contributed by atoms with van der Waals surface area (Å²) in [6.07, 6.45) is 8.59. The molecule has 0 atom stereocenters. The summed E-state index contributed by atoms with van der Waals surface area (Å²) in [6, 6.07) is 53.4. The Bertz CT molecular complexity index is 1890. The second-order valence-corrected chi connectivity index (χ2v) is 11.8. The Morgan fingerprint density at radius 1 is 0.511 bits per heavy atom. The van der Waals surface area contributed by atoms with Crippen molar-refractivity contribution >= 4 is 51.8 Å². The van der Waals surface area contributed by atoms with Crippen molar-refractivity contribution in [2.75, 3.05) is 12.0 Å². The van der Waals surface area contributed by atoms with Crippen LogP contribution in [0.3, 0.4) is 0 Å². The van der Waals surface area contributed by atoms with Crippen molar-refractivity contribution in [1.82, 2.24) is 0 Å². The molecule has 0 fully saturated rings. The number of benzene rings is 6. The fourth-order valence-corrected chi connectivity index (χ4v) is 5.59. The van der Waals surface area contributed by atoms with Gasteiger partial charge in [-0.2, -0.15) is 0 Å². The van der Waals surface area contributed by atoms with Crippen LogP contribution in [0.4, 0.5) is 11.4 Å². The van der Waals surface area contributed by atoms with E-state index in [0.717, 1.165) is 39.4 Å². The molecule has 0 unspecified atom stereocenters. The smallest absolute Gasteiger partial charge is 0.119 e. The van der Waals surface area contributed by atoms with Gasteiger partial charge in [-0.05, 0) is 94.1 Å². The second kappa shape index (κ2) is 15.3. The number of hydrogen-bond donors (Lipinski definition) is 0. The van der Waals surface area contributed by atoms with Gasteiger partial charge >= 0.3 is 0 Å². The Balaban J connectivity index is 1.37. The van der Waals surface area contributed by atoms with Crippen molar-refractivity contribution in [2.45, 2.75) is 0 Å². The number of rotatable bonds is 10. The lowest BCUT2D eigenvalue weighted by molar-refractivity contribution is 0.415. The summed E-state index contributed by atoms with van der Waals surface area (Å²) in [5.41, 5.74) is 9.73. The number of methoxy groups -OCH3 is 1. The molecule has 6 aromatic carbocycles. The SMILES string of the molecule is COc1ccc(N(C=C(c2ccc(Cl)cc2)c2ccc(Cl)cc2)c2ccc(/C=C/C=C(c3ccccc3)c3ccccc3)cc2)cc1. The Labute approximate surface area is 287 Å². The van der Waals surface area contributed by atoms with Crippen LogP contribution in [0.2, 0.25) is 10.0 Å². The molecule has 0 aliphatic carbocycles. The highest BCUT2D eigenvalue weighted by Gasteiger charge is 2.13. The van der Waals surface area contributed by atoms with E-state index in [-0.39, 0.29) is 0 Å². The fourth-order valence-electron chi connectivity index (χ4n) is 5.34. The van der Waals surface area contributed by atoms with Gasteiger partial charge in [0, 0.05) is 33.2 Å². The van der Waals surface area contributed by atoms with Crippen molar-refractivity contribution < 1.29 is 4.74 Å². The fraction of sp³-hybridized carbons (Fsp3) is 0.0233. The molecule has 4 heteroatoms. The highest BCUT2D eigenvalue weighted by atomic mass is 35.5. The molecule has 0 saturated carbocycles. The van der Waals surface area contributed by atoms with Crippen LogP contribution < -0.4 is 9.64 Å². The summed E-state index contributed by atoms with van der Waals surface area (Å²) in [5.74, 6) is 0.798. The van der Waals surface area contributed by atoms with E-state index >= 15 is 0 Å². The van der Waals surface area contributed by atoms with Crippen LogP contribution in [0, 0.1) is 0 Å². The number of allylic oxidation sites excluding steroid dienone is 2. The molecule has 6 rings (SSSR count). The molecule has 2 nitrogen and oxygen atoms in total. The third-order valence-electron chi connectivity index (χ3n) is 7.81. The molecule has 0 heterocycles. The molecule has 0 amide bonds. The molecule has 0 spiro atoms. The lowest BCUT2D eigenvalue weighted by Crippen LogP contribution is -2.10. The van der Waals surface area contributed by atoms with Gasteiger partial charge in [0.25, 0.3) is 0 Å². The van der Waals surface area contributed by atoms with E-state index in [0.29, 0.717) is 10.0 Å². The van der Waals surface area contributed by atoms with E-state index in [2.05, 4.69) is 114 Å². The van der Waals surface area contributed by atoms with Gasteiger partial charge in [0.05, 0.1) is 7.11 Å². The maximum atomic E-state index is 6.27. The number of anilines is 2. The second-order valence-electron chi connectivity index (χ2n) is 10.9. The Hall–Kier alpha value is -5.28. The molecule has 0 aliphatic heterocycles. The van der Waals surface area contributed by atoms with E-state index in [1.165, 1.54) is 16.7 Å². The average molecular weight is 651 g/mol. The first-order valence-corrected chi connectivity index (χ1v) is 16.1. The van der Waals surface area contributed by atoms with Gasteiger partial charge < -0.3 is 9.64 Å². The molecule has 0 bridgehead atoms. The lowest BCUT2D eigenvalue weighted by atomic mass is 9.97. The van der Waals surface area contributed by atoms with Crippen molar-refractivity contribution in [2.24, 2.45) is 0 Å². The van der Waals surface area contributed by atoms with E-state index < -0.39 is 0 Å². The van der Waals surface area contributed by atoms with Crippen LogP contribution in [0.1, 0.15) is 27.8 Å². The van der Waals surface area contributed by atoms with E-state index in [4.69, 9.17) is 27.9 Å². The van der Waals surface area contributed by atoms with Gasteiger partial charge in [0.1, 0.15) is 5.75 Å². The highest BCUT2D eigenvalue weighted by molar-refractivity contribution is 6.31. The van der Waals surface area contributed by atoms with Gasteiger partial charge in [-0.15, -0.1) is 0 Å². The minimum Gasteiger partial charge on any atom is -0.497 e. The molecule has 0 N–H and O–H groups in total. The van der Waals surface area contributed by atoms with Gasteiger partial charge in [-0.25, -0.2) is 0 Å². The van der Waals surface area contributed by atoms with Gasteiger partial charge in [-0.3, -0.25) is 0 Å². The number of nitrogens with zero attached hydrogens (tertiary/aromatic N) is 1. The molecular formula is C43H33Cl2NO. The molecular weight excluding hydrogens is 617 g/mol. The first-order chi connectivity index (χ1) is 23.1. The Morgan fingerprint density at radius 2 is 0.957 bits per heavy atom. The van der Waals surface area contributed by atoms with Crippen LogP contribution in [0.25, 0.3) is 17.2 Å². The largest absolute Gasteiger partial charge is 0.497 e. The summed E-state index contributed by atoms with van der Waals surface area (Å²) in [6.45, 7) is 0. The first kappa shape index (κ1) is 31.7. The zero-order chi connectivity index (χ0) is 32.4. The standard InChI is InChI=1S/C43H33Cl2NO/c1-47-41-29-27-40(28-30-41)46(31-43(35-17-21-37(44)22-18-35)36-19-23-38(45)24-20-36)39-25-15-32(16-26-39)9-8-14-42(33-10-4-2-5-11-33)34-12-6-3-7-13-34/h2-31H,1H3/b9-8+. The van der Waals surface area contributed by atoms with E-state index in [9.17, 15) is 0 Å². The van der Waals surface area contributed by atoms with Gasteiger partial charge in [0.2, 0.25) is 0 Å². The number of ether oxygens (including phenoxy) is 1. The topological polar surface area (TPSA) is 12.5 Å². The molecule has 0 aromatic heterocycles. The third-order valence-corrected chi connectivity index (χ3v) is 8.32. The van der Waals surface area contributed by atoms with Crippen LogP contribution in [0.15, 0.2) is 176 Å².